The average molecular weight is 229 g/mol. The van der Waals surface area contributed by atoms with Crippen molar-refractivity contribution in [2.75, 3.05) is 0 Å². The Kier molecular flexibility index (Phi) is 2.15. The number of rotatable bonds is 1. The van der Waals surface area contributed by atoms with Gasteiger partial charge in [0, 0.05) is 12.4 Å². The van der Waals surface area contributed by atoms with E-state index in [1.807, 2.05) is 30.5 Å². The topological polar surface area (TPSA) is 17.8 Å². The second kappa shape index (κ2) is 3.65. The molecule has 0 N–H and O–H groups in total. The first-order valence-corrected chi connectivity index (χ1v) is 5.40. The predicted octanol–water partition coefficient (Wildman–Crippen LogP) is 3.68. The molecule has 0 atom stereocenters. The maximum Gasteiger partial charge on any atom is 0.131 e. The molecule has 0 unspecified atom stereocenters. The number of halogens is 1. The summed E-state index contributed by atoms with van der Waals surface area (Å²) in [6.07, 6.45) is 3.75. The molecule has 1 aromatic carbocycles. The van der Waals surface area contributed by atoms with Gasteiger partial charge in [0.05, 0.1) is 11.2 Å². The fraction of sp³-hybridized carbons (Fsp3) is 0. The molecule has 0 saturated carbocycles. The van der Waals surface area contributed by atoms with Crippen LogP contribution in [-0.4, -0.2) is 9.55 Å². The van der Waals surface area contributed by atoms with Gasteiger partial charge < -0.3 is 4.57 Å². The van der Waals surface area contributed by atoms with E-state index in [4.69, 9.17) is 11.6 Å². The van der Waals surface area contributed by atoms with Gasteiger partial charge >= 0.3 is 0 Å². The van der Waals surface area contributed by atoms with Crippen LogP contribution in [-0.2, 0) is 0 Å². The zero-order valence-electron chi connectivity index (χ0n) is 8.47. The highest BCUT2D eigenvalue weighted by atomic mass is 35.5. The molecule has 16 heavy (non-hydrogen) atoms. The number of benzene rings is 1. The van der Waals surface area contributed by atoms with Crippen molar-refractivity contribution in [1.29, 1.82) is 0 Å². The fourth-order valence-corrected chi connectivity index (χ4v) is 2.02. The minimum atomic E-state index is 0.510. The monoisotopic (exact) mass is 228 g/mol. The third-order valence-corrected chi connectivity index (χ3v) is 2.79. The zero-order valence-corrected chi connectivity index (χ0v) is 9.22. The van der Waals surface area contributed by atoms with Crippen LogP contribution in [0.2, 0.25) is 5.15 Å². The minimum Gasteiger partial charge on any atom is -0.316 e. The highest BCUT2D eigenvalue weighted by Gasteiger charge is 2.02. The molecule has 0 saturated heterocycles. The molecule has 0 aliphatic rings. The summed E-state index contributed by atoms with van der Waals surface area (Å²) in [5.41, 5.74) is 2.20. The standard InChI is InChI=1S/C13H9ClN2/c14-13-9-11(5-7-15-13)16-8-6-10-3-1-2-4-12(10)16/h1-9H. The lowest BCUT2D eigenvalue weighted by Gasteiger charge is -2.04. The van der Waals surface area contributed by atoms with Crippen molar-refractivity contribution in [3.63, 3.8) is 0 Å². The van der Waals surface area contributed by atoms with Gasteiger partial charge in [-0.25, -0.2) is 4.98 Å². The van der Waals surface area contributed by atoms with Crippen LogP contribution in [0, 0.1) is 0 Å². The Hall–Kier alpha value is -1.80. The number of nitrogens with zero attached hydrogens (tertiary/aromatic N) is 2. The lowest BCUT2D eigenvalue weighted by atomic mass is 10.2. The zero-order chi connectivity index (χ0) is 11.0. The average Bonchev–Trinajstić information content (AvgIpc) is 2.72. The van der Waals surface area contributed by atoms with Crippen molar-refractivity contribution in [2.45, 2.75) is 0 Å². The molecule has 0 amide bonds. The summed E-state index contributed by atoms with van der Waals surface area (Å²) in [5.74, 6) is 0. The molecule has 0 radical (unpaired) electrons. The summed E-state index contributed by atoms with van der Waals surface area (Å²) >= 11 is 5.89. The van der Waals surface area contributed by atoms with Gasteiger partial charge in [0.1, 0.15) is 5.15 Å². The van der Waals surface area contributed by atoms with Crippen molar-refractivity contribution in [3.05, 3.63) is 60.0 Å². The fourth-order valence-electron chi connectivity index (χ4n) is 1.85. The summed E-state index contributed by atoms with van der Waals surface area (Å²) in [6, 6.07) is 14.1. The van der Waals surface area contributed by atoms with Gasteiger partial charge in [-0.15, -0.1) is 0 Å². The molecule has 0 aliphatic heterocycles. The number of aromatic nitrogens is 2. The van der Waals surface area contributed by atoms with Crippen LogP contribution >= 0.6 is 11.6 Å². The first kappa shape index (κ1) is 9.43. The number of fused-ring (bicyclic) bond motifs is 1. The van der Waals surface area contributed by atoms with E-state index in [1.165, 1.54) is 10.9 Å². The lowest BCUT2D eigenvalue weighted by Crippen LogP contribution is -1.91. The quantitative estimate of drug-likeness (QED) is 0.581. The van der Waals surface area contributed by atoms with Gasteiger partial charge in [-0.2, -0.15) is 0 Å². The van der Waals surface area contributed by atoms with E-state index in [2.05, 4.69) is 27.8 Å². The Bertz CT molecular complexity index is 643. The van der Waals surface area contributed by atoms with E-state index in [0.717, 1.165) is 5.69 Å². The maximum absolute atomic E-state index is 5.89. The second-order valence-corrected chi connectivity index (χ2v) is 3.97. The van der Waals surface area contributed by atoms with Crippen molar-refractivity contribution < 1.29 is 0 Å². The lowest BCUT2D eigenvalue weighted by molar-refractivity contribution is 1.11. The summed E-state index contributed by atoms with van der Waals surface area (Å²) in [5, 5.41) is 1.73. The molecule has 3 heteroatoms. The van der Waals surface area contributed by atoms with Crippen molar-refractivity contribution in [2.24, 2.45) is 0 Å². The molecule has 3 aromatic rings. The number of para-hydroxylation sites is 1. The smallest absolute Gasteiger partial charge is 0.131 e. The van der Waals surface area contributed by atoms with Gasteiger partial charge in [-0.05, 0) is 29.7 Å². The summed E-state index contributed by atoms with van der Waals surface area (Å²) in [4.78, 5) is 3.98. The Labute approximate surface area is 98.1 Å². The Morgan fingerprint density at radius 1 is 1.06 bits per heavy atom. The highest BCUT2D eigenvalue weighted by Crippen LogP contribution is 2.21. The van der Waals surface area contributed by atoms with Gasteiger partial charge in [0.2, 0.25) is 0 Å². The van der Waals surface area contributed by atoms with Gasteiger partial charge in [-0.1, -0.05) is 29.8 Å². The van der Waals surface area contributed by atoms with Gasteiger partial charge in [0.15, 0.2) is 0 Å². The molecule has 2 nitrogen and oxygen atoms in total. The molecule has 78 valence electrons. The first-order valence-electron chi connectivity index (χ1n) is 5.02. The van der Waals surface area contributed by atoms with Crippen LogP contribution in [0.15, 0.2) is 54.9 Å². The molecule has 0 aliphatic carbocycles. The summed E-state index contributed by atoms with van der Waals surface area (Å²) in [7, 11) is 0. The third-order valence-electron chi connectivity index (χ3n) is 2.59. The van der Waals surface area contributed by atoms with Crippen molar-refractivity contribution in [3.8, 4) is 5.69 Å². The summed E-state index contributed by atoms with van der Waals surface area (Å²) < 4.78 is 2.10. The number of pyridine rings is 1. The van der Waals surface area contributed by atoms with Gasteiger partial charge in [0.25, 0.3) is 0 Å². The van der Waals surface area contributed by atoms with E-state index in [0.29, 0.717) is 5.15 Å². The van der Waals surface area contributed by atoms with Gasteiger partial charge in [-0.3, -0.25) is 0 Å². The van der Waals surface area contributed by atoms with E-state index in [-0.39, 0.29) is 0 Å². The van der Waals surface area contributed by atoms with Crippen LogP contribution in [0.25, 0.3) is 16.6 Å². The Balaban J connectivity index is 2.26. The molecule has 0 fully saturated rings. The van der Waals surface area contributed by atoms with E-state index in [9.17, 15) is 0 Å². The van der Waals surface area contributed by atoms with E-state index in [1.54, 1.807) is 6.20 Å². The highest BCUT2D eigenvalue weighted by molar-refractivity contribution is 6.29. The molecular weight excluding hydrogens is 220 g/mol. The molecule has 0 bridgehead atoms. The second-order valence-electron chi connectivity index (χ2n) is 3.58. The van der Waals surface area contributed by atoms with Crippen LogP contribution in [0.1, 0.15) is 0 Å². The van der Waals surface area contributed by atoms with Crippen LogP contribution in [0.5, 0.6) is 0 Å². The SMILES string of the molecule is Clc1cc(-n2ccc3ccccc32)ccn1. The largest absolute Gasteiger partial charge is 0.316 e. The minimum absolute atomic E-state index is 0.510. The molecule has 0 spiro atoms. The molecule has 3 rings (SSSR count). The normalized spacial score (nSPS) is 10.8. The van der Waals surface area contributed by atoms with Crippen LogP contribution in [0.3, 0.4) is 0 Å². The van der Waals surface area contributed by atoms with Crippen molar-refractivity contribution >= 4 is 22.5 Å². The van der Waals surface area contributed by atoms with Crippen LogP contribution in [0.4, 0.5) is 0 Å². The Morgan fingerprint density at radius 3 is 2.81 bits per heavy atom. The van der Waals surface area contributed by atoms with E-state index >= 15 is 0 Å². The van der Waals surface area contributed by atoms with Crippen LogP contribution < -0.4 is 0 Å². The Morgan fingerprint density at radius 2 is 1.94 bits per heavy atom. The number of hydrogen-bond donors (Lipinski definition) is 0. The molecular formula is C13H9ClN2. The van der Waals surface area contributed by atoms with Crippen molar-refractivity contribution in [1.82, 2.24) is 9.55 Å². The maximum atomic E-state index is 5.89. The predicted molar refractivity (Wildman–Crippen MR) is 66.1 cm³/mol. The summed E-state index contributed by atoms with van der Waals surface area (Å²) in [6.45, 7) is 0. The first-order chi connectivity index (χ1) is 7.84. The molecule has 2 aromatic heterocycles. The molecule has 2 heterocycles. The van der Waals surface area contributed by atoms with E-state index < -0.39 is 0 Å². The number of hydrogen-bond acceptors (Lipinski definition) is 1. The third kappa shape index (κ3) is 1.48.